The zero-order valence-corrected chi connectivity index (χ0v) is 12.3. The third-order valence-corrected chi connectivity index (χ3v) is 4.64. The Morgan fingerprint density at radius 2 is 1.86 bits per heavy atom. The van der Waals surface area contributed by atoms with E-state index in [2.05, 4.69) is 14.9 Å². The third kappa shape index (κ3) is 2.68. The molecule has 4 heterocycles. The molecule has 114 valence electrons. The van der Waals surface area contributed by atoms with Crippen LogP contribution in [-0.2, 0) is 0 Å². The van der Waals surface area contributed by atoms with Crippen molar-refractivity contribution >= 4 is 0 Å². The highest BCUT2D eigenvalue weighted by Crippen LogP contribution is 2.30. The number of hydrogen-bond acceptors (Lipinski definition) is 4. The van der Waals surface area contributed by atoms with Gasteiger partial charge in [0.1, 0.15) is 11.9 Å². The van der Waals surface area contributed by atoms with Crippen molar-refractivity contribution < 1.29 is 9.13 Å². The van der Waals surface area contributed by atoms with Gasteiger partial charge in [0.15, 0.2) is 0 Å². The minimum absolute atomic E-state index is 0.197. The molecule has 0 N–H and O–H groups in total. The Morgan fingerprint density at radius 3 is 2.50 bits per heavy atom. The summed E-state index contributed by atoms with van der Waals surface area (Å²) in [6.45, 7) is 3.34. The first-order valence-electron chi connectivity index (χ1n) is 7.75. The highest BCUT2D eigenvalue weighted by Gasteiger charge is 2.35. The maximum atomic E-state index is 13.3. The fourth-order valence-corrected chi connectivity index (χ4v) is 3.37. The van der Waals surface area contributed by atoms with Gasteiger partial charge in [0.05, 0.1) is 0 Å². The van der Waals surface area contributed by atoms with E-state index in [4.69, 9.17) is 4.74 Å². The standard InChI is InChI=1S/C17H18FN3O/c18-15-3-1-2-13(8-15)14-9-19-17(20-10-14)22-16-11-21-6-4-12(16)5-7-21/h1-3,8-10,12,16H,4-7,11H2/t16-/m0/s1. The summed E-state index contributed by atoms with van der Waals surface area (Å²) in [6.07, 6.45) is 5.98. The van der Waals surface area contributed by atoms with E-state index >= 15 is 0 Å². The van der Waals surface area contributed by atoms with Crippen LogP contribution in [0.5, 0.6) is 6.01 Å². The molecule has 3 fully saturated rings. The molecular formula is C17H18FN3O. The number of aromatic nitrogens is 2. The molecule has 4 nitrogen and oxygen atoms in total. The number of nitrogens with zero attached hydrogens (tertiary/aromatic N) is 3. The van der Waals surface area contributed by atoms with Crippen molar-refractivity contribution in [3.63, 3.8) is 0 Å². The summed E-state index contributed by atoms with van der Waals surface area (Å²) in [5, 5.41) is 0. The molecular weight excluding hydrogens is 281 g/mol. The largest absolute Gasteiger partial charge is 0.458 e. The molecule has 0 radical (unpaired) electrons. The van der Waals surface area contributed by atoms with E-state index in [-0.39, 0.29) is 11.9 Å². The van der Waals surface area contributed by atoms with Gasteiger partial charge in [-0.1, -0.05) is 12.1 Å². The van der Waals surface area contributed by atoms with Gasteiger partial charge in [-0.25, -0.2) is 14.4 Å². The van der Waals surface area contributed by atoms with Crippen LogP contribution in [0.3, 0.4) is 0 Å². The number of fused-ring (bicyclic) bond motifs is 3. The highest BCUT2D eigenvalue weighted by molar-refractivity contribution is 5.61. The lowest BCUT2D eigenvalue weighted by Gasteiger charge is -2.43. The summed E-state index contributed by atoms with van der Waals surface area (Å²) in [5.74, 6) is 0.363. The molecule has 0 unspecified atom stereocenters. The fourth-order valence-electron chi connectivity index (χ4n) is 3.37. The van der Waals surface area contributed by atoms with Gasteiger partial charge in [-0.2, -0.15) is 0 Å². The van der Waals surface area contributed by atoms with E-state index in [9.17, 15) is 4.39 Å². The van der Waals surface area contributed by atoms with Gasteiger partial charge in [0.2, 0.25) is 0 Å². The van der Waals surface area contributed by atoms with Crippen LogP contribution in [0.1, 0.15) is 12.8 Å². The minimum Gasteiger partial charge on any atom is -0.458 e. The van der Waals surface area contributed by atoms with Crippen molar-refractivity contribution in [2.75, 3.05) is 19.6 Å². The van der Waals surface area contributed by atoms with Gasteiger partial charge < -0.3 is 4.74 Å². The smallest absolute Gasteiger partial charge is 0.316 e. The summed E-state index contributed by atoms with van der Waals surface area (Å²) in [7, 11) is 0. The van der Waals surface area contributed by atoms with Crippen LogP contribution in [0.15, 0.2) is 36.7 Å². The zero-order chi connectivity index (χ0) is 14.9. The number of hydrogen-bond donors (Lipinski definition) is 0. The normalized spacial score (nSPS) is 26.9. The van der Waals surface area contributed by atoms with E-state index in [1.807, 2.05) is 6.07 Å². The monoisotopic (exact) mass is 299 g/mol. The first-order valence-corrected chi connectivity index (χ1v) is 7.75. The van der Waals surface area contributed by atoms with E-state index in [1.165, 1.54) is 38.1 Å². The molecule has 0 aliphatic carbocycles. The lowest BCUT2D eigenvalue weighted by Crippen LogP contribution is -2.52. The molecule has 3 saturated heterocycles. The number of benzene rings is 1. The summed E-state index contributed by atoms with van der Waals surface area (Å²) in [5.41, 5.74) is 1.56. The summed E-state index contributed by atoms with van der Waals surface area (Å²) >= 11 is 0. The molecule has 0 spiro atoms. The number of ether oxygens (including phenoxy) is 1. The fraction of sp³-hybridized carbons (Fsp3) is 0.412. The Bertz CT molecular complexity index is 653. The molecule has 2 bridgehead atoms. The molecule has 0 saturated carbocycles. The van der Waals surface area contributed by atoms with E-state index in [0.29, 0.717) is 11.9 Å². The highest BCUT2D eigenvalue weighted by atomic mass is 19.1. The van der Waals surface area contributed by atoms with Crippen molar-refractivity contribution in [3.05, 3.63) is 42.5 Å². The number of piperidine rings is 3. The van der Waals surface area contributed by atoms with Crippen LogP contribution < -0.4 is 4.74 Å². The second-order valence-electron chi connectivity index (χ2n) is 6.06. The Labute approximate surface area is 129 Å². The van der Waals surface area contributed by atoms with Gasteiger partial charge in [0, 0.05) is 24.5 Å². The summed E-state index contributed by atoms with van der Waals surface area (Å²) in [4.78, 5) is 11.0. The second-order valence-corrected chi connectivity index (χ2v) is 6.06. The Kier molecular flexibility index (Phi) is 3.50. The molecule has 1 aromatic heterocycles. The first kappa shape index (κ1) is 13.6. The molecule has 22 heavy (non-hydrogen) atoms. The van der Waals surface area contributed by atoms with Gasteiger partial charge in [-0.15, -0.1) is 0 Å². The van der Waals surface area contributed by atoms with Crippen LogP contribution in [0.2, 0.25) is 0 Å². The summed E-state index contributed by atoms with van der Waals surface area (Å²) in [6, 6.07) is 6.85. The molecule has 0 amide bonds. The lowest BCUT2D eigenvalue weighted by atomic mass is 9.86. The molecule has 5 heteroatoms. The van der Waals surface area contributed by atoms with Crippen LogP contribution in [-0.4, -0.2) is 40.6 Å². The predicted molar refractivity (Wildman–Crippen MR) is 81.0 cm³/mol. The molecule has 1 aromatic carbocycles. The lowest BCUT2D eigenvalue weighted by molar-refractivity contribution is -0.0123. The van der Waals surface area contributed by atoms with Crippen LogP contribution in [0, 0.1) is 11.7 Å². The minimum atomic E-state index is -0.259. The number of rotatable bonds is 3. The van der Waals surface area contributed by atoms with Gasteiger partial charge in [-0.05, 0) is 49.5 Å². The SMILES string of the molecule is Fc1cccc(-c2cnc(O[C@H]3CN4CCC3CC4)nc2)c1. The van der Waals surface area contributed by atoms with Crippen molar-refractivity contribution in [1.82, 2.24) is 14.9 Å². The Morgan fingerprint density at radius 1 is 1.09 bits per heavy atom. The van der Waals surface area contributed by atoms with Crippen LogP contribution in [0.25, 0.3) is 11.1 Å². The third-order valence-electron chi connectivity index (χ3n) is 4.64. The van der Waals surface area contributed by atoms with Crippen molar-refractivity contribution in [2.24, 2.45) is 5.92 Å². The van der Waals surface area contributed by atoms with E-state index in [0.717, 1.165) is 17.7 Å². The average molecular weight is 299 g/mol. The van der Waals surface area contributed by atoms with Crippen molar-refractivity contribution in [1.29, 1.82) is 0 Å². The summed E-state index contributed by atoms with van der Waals surface area (Å²) < 4.78 is 19.2. The van der Waals surface area contributed by atoms with Gasteiger partial charge in [-0.3, -0.25) is 4.90 Å². The predicted octanol–water partition coefficient (Wildman–Crippen LogP) is 2.76. The van der Waals surface area contributed by atoms with E-state index in [1.54, 1.807) is 18.5 Å². The quantitative estimate of drug-likeness (QED) is 0.873. The molecule has 3 aliphatic rings. The first-order chi connectivity index (χ1) is 10.8. The molecule has 3 aliphatic heterocycles. The Balaban J connectivity index is 1.48. The van der Waals surface area contributed by atoms with Crippen molar-refractivity contribution in [2.45, 2.75) is 18.9 Å². The molecule has 5 rings (SSSR count). The second kappa shape index (κ2) is 5.65. The topological polar surface area (TPSA) is 38.2 Å². The van der Waals surface area contributed by atoms with Gasteiger partial charge >= 0.3 is 6.01 Å². The van der Waals surface area contributed by atoms with E-state index < -0.39 is 0 Å². The maximum Gasteiger partial charge on any atom is 0.316 e. The van der Waals surface area contributed by atoms with Gasteiger partial charge in [0.25, 0.3) is 0 Å². The average Bonchev–Trinajstić information content (AvgIpc) is 2.57. The zero-order valence-electron chi connectivity index (χ0n) is 12.3. The Hall–Kier alpha value is -2.01. The van der Waals surface area contributed by atoms with Crippen LogP contribution in [0.4, 0.5) is 4.39 Å². The van der Waals surface area contributed by atoms with Crippen molar-refractivity contribution in [3.8, 4) is 17.1 Å². The van der Waals surface area contributed by atoms with Crippen LogP contribution >= 0.6 is 0 Å². The molecule has 2 aromatic rings. The maximum absolute atomic E-state index is 13.3. The number of halogens is 1. The molecule has 1 atom stereocenters.